The number of para-hydroxylation sites is 1. The number of nitrogens with zero attached hydrogens (tertiary/aromatic N) is 2. The summed E-state index contributed by atoms with van der Waals surface area (Å²) < 4.78 is 0. The number of halogens is 1. The molecule has 0 aromatic heterocycles. The zero-order valence-electron chi connectivity index (χ0n) is 14.4. The number of piperidine rings is 1. The molecule has 0 saturated carbocycles. The van der Waals surface area contributed by atoms with E-state index in [-0.39, 0.29) is 5.57 Å². The molecule has 1 aliphatic heterocycles. The first-order valence-corrected chi connectivity index (χ1v) is 9.08. The number of nitrogens with one attached hydrogen (secondary N) is 1. The molecule has 0 unspecified atom stereocenters. The maximum Gasteiger partial charge on any atom is 0.266 e. The summed E-state index contributed by atoms with van der Waals surface area (Å²) in [5, 5.41) is 12.5. The Morgan fingerprint density at radius 1 is 1.08 bits per heavy atom. The van der Waals surface area contributed by atoms with Crippen LogP contribution in [-0.2, 0) is 4.79 Å². The molecule has 1 aliphatic rings. The third-order valence-corrected chi connectivity index (χ3v) is 4.74. The van der Waals surface area contributed by atoms with Crippen LogP contribution in [0.25, 0.3) is 6.08 Å². The Morgan fingerprint density at radius 2 is 1.77 bits per heavy atom. The van der Waals surface area contributed by atoms with E-state index in [2.05, 4.69) is 10.2 Å². The lowest BCUT2D eigenvalue weighted by molar-refractivity contribution is -0.112. The Bertz CT molecular complexity index is 846. The Balaban J connectivity index is 1.73. The summed E-state index contributed by atoms with van der Waals surface area (Å²) in [6.07, 6.45) is 5.33. The Hall–Kier alpha value is -2.77. The Kier molecular flexibility index (Phi) is 5.93. The molecule has 26 heavy (non-hydrogen) atoms. The van der Waals surface area contributed by atoms with E-state index < -0.39 is 5.91 Å². The number of carbonyl (C=O) groups excluding carboxylic acids is 1. The van der Waals surface area contributed by atoms with E-state index in [9.17, 15) is 10.1 Å². The number of amides is 1. The fourth-order valence-corrected chi connectivity index (χ4v) is 3.18. The molecule has 1 amide bonds. The molecule has 0 atom stereocenters. The van der Waals surface area contributed by atoms with Crippen LogP contribution < -0.4 is 10.2 Å². The molecule has 132 valence electrons. The number of hydrogen-bond acceptors (Lipinski definition) is 3. The number of carbonyl (C=O) groups is 1. The number of nitriles is 1. The minimum atomic E-state index is -0.472. The number of hydrogen-bond donors (Lipinski definition) is 1. The van der Waals surface area contributed by atoms with Gasteiger partial charge < -0.3 is 10.2 Å². The average molecular weight is 366 g/mol. The summed E-state index contributed by atoms with van der Waals surface area (Å²) in [7, 11) is 0. The first-order valence-electron chi connectivity index (χ1n) is 8.70. The van der Waals surface area contributed by atoms with E-state index in [1.165, 1.54) is 24.9 Å². The van der Waals surface area contributed by atoms with Crippen molar-refractivity contribution in [2.45, 2.75) is 19.3 Å². The first kappa shape index (κ1) is 18.0. The summed E-state index contributed by atoms with van der Waals surface area (Å²) in [6, 6.07) is 16.9. The van der Waals surface area contributed by atoms with E-state index in [1.54, 1.807) is 30.3 Å². The van der Waals surface area contributed by atoms with Gasteiger partial charge in [0.05, 0.1) is 10.7 Å². The topological polar surface area (TPSA) is 56.1 Å². The lowest BCUT2D eigenvalue weighted by Gasteiger charge is -2.28. The second-order valence-corrected chi connectivity index (χ2v) is 6.65. The minimum Gasteiger partial charge on any atom is -0.372 e. The molecule has 2 aromatic carbocycles. The van der Waals surface area contributed by atoms with Gasteiger partial charge in [0.1, 0.15) is 11.6 Å². The first-order chi connectivity index (χ1) is 12.7. The second-order valence-electron chi connectivity index (χ2n) is 6.24. The molecule has 1 heterocycles. The van der Waals surface area contributed by atoms with Gasteiger partial charge >= 0.3 is 0 Å². The molecular weight excluding hydrogens is 346 g/mol. The molecule has 0 bridgehead atoms. The molecule has 0 radical (unpaired) electrons. The van der Waals surface area contributed by atoms with Gasteiger partial charge in [-0.2, -0.15) is 5.26 Å². The molecular formula is C21H20ClN3O. The van der Waals surface area contributed by atoms with Crippen LogP contribution in [0.5, 0.6) is 0 Å². The van der Waals surface area contributed by atoms with E-state index in [1.807, 2.05) is 30.3 Å². The third-order valence-electron chi connectivity index (χ3n) is 4.41. The van der Waals surface area contributed by atoms with Gasteiger partial charge in [-0.25, -0.2) is 0 Å². The predicted molar refractivity (Wildman–Crippen MR) is 106 cm³/mol. The van der Waals surface area contributed by atoms with Crippen LogP contribution in [0.2, 0.25) is 5.02 Å². The molecule has 2 aromatic rings. The van der Waals surface area contributed by atoms with E-state index in [4.69, 9.17) is 11.6 Å². The van der Waals surface area contributed by atoms with Crippen molar-refractivity contribution in [2.24, 2.45) is 0 Å². The van der Waals surface area contributed by atoms with Gasteiger partial charge in [0.15, 0.2) is 0 Å². The highest BCUT2D eigenvalue weighted by atomic mass is 35.5. The van der Waals surface area contributed by atoms with Crippen molar-refractivity contribution < 1.29 is 4.79 Å². The highest BCUT2D eigenvalue weighted by Crippen LogP contribution is 2.23. The standard InChI is InChI=1S/C21H20ClN3O/c22-19-6-2-3-7-20(19)24-21(26)17(15-23)14-16-8-10-18(11-9-16)25-12-4-1-5-13-25/h2-3,6-11,14H,1,4-5,12-13H2,(H,24,26)/b17-14+. The van der Waals surface area contributed by atoms with E-state index in [0.717, 1.165) is 18.7 Å². The molecule has 4 nitrogen and oxygen atoms in total. The molecule has 1 fully saturated rings. The number of anilines is 2. The van der Waals surface area contributed by atoms with Crippen LogP contribution >= 0.6 is 11.6 Å². The molecule has 1 saturated heterocycles. The van der Waals surface area contributed by atoms with Gasteiger partial charge in [-0.05, 0) is 55.2 Å². The summed E-state index contributed by atoms with van der Waals surface area (Å²) >= 11 is 6.05. The molecule has 3 rings (SSSR count). The molecule has 1 N–H and O–H groups in total. The highest BCUT2D eigenvalue weighted by Gasteiger charge is 2.12. The summed E-state index contributed by atoms with van der Waals surface area (Å²) in [6.45, 7) is 2.16. The summed E-state index contributed by atoms with van der Waals surface area (Å²) in [5.41, 5.74) is 2.52. The quantitative estimate of drug-likeness (QED) is 0.620. The third kappa shape index (κ3) is 4.44. The number of rotatable bonds is 4. The van der Waals surface area contributed by atoms with E-state index >= 15 is 0 Å². The monoisotopic (exact) mass is 365 g/mol. The predicted octanol–water partition coefficient (Wildman–Crippen LogP) is 4.88. The van der Waals surface area contributed by atoms with Crippen molar-refractivity contribution in [3.8, 4) is 6.07 Å². The maximum absolute atomic E-state index is 12.3. The van der Waals surface area contributed by atoms with Gasteiger partial charge in [-0.3, -0.25) is 4.79 Å². The van der Waals surface area contributed by atoms with Crippen LogP contribution in [0.1, 0.15) is 24.8 Å². The van der Waals surface area contributed by atoms with E-state index in [0.29, 0.717) is 10.7 Å². The van der Waals surface area contributed by atoms with Crippen molar-refractivity contribution in [3.05, 3.63) is 64.7 Å². The lowest BCUT2D eigenvalue weighted by atomic mass is 10.1. The zero-order valence-corrected chi connectivity index (χ0v) is 15.2. The minimum absolute atomic E-state index is 0.0376. The van der Waals surface area contributed by atoms with Crippen LogP contribution in [-0.4, -0.2) is 19.0 Å². The van der Waals surface area contributed by atoms with Crippen molar-refractivity contribution in [1.29, 1.82) is 5.26 Å². The Labute approximate surface area is 158 Å². The smallest absolute Gasteiger partial charge is 0.266 e. The molecule has 5 heteroatoms. The highest BCUT2D eigenvalue weighted by molar-refractivity contribution is 6.34. The van der Waals surface area contributed by atoms with Crippen molar-refractivity contribution in [1.82, 2.24) is 0 Å². The lowest BCUT2D eigenvalue weighted by Crippen LogP contribution is -2.29. The second kappa shape index (κ2) is 8.55. The van der Waals surface area contributed by atoms with Crippen molar-refractivity contribution in [3.63, 3.8) is 0 Å². The molecule has 0 spiro atoms. The zero-order chi connectivity index (χ0) is 18.4. The van der Waals surface area contributed by atoms with Crippen LogP contribution in [0.3, 0.4) is 0 Å². The van der Waals surface area contributed by atoms with Gasteiger partial charge in [-0.1, -0.05) is 35.9 Å². The van der Waals surface area contributed by atoms with Crippen LogP contribution in [0, 0.1) is 11.3 Å². The number of benzene rings is 2. The average Bonchev–Trinajstić information content (AvgIpc) is 2.69. The largest absolute Gasteiger partial charge is 0.372 e. The van der Waals surface area contributed by atoms with Gasteiger partial charge in [0, 0.05) is 18.8 Å². The van der Waals surface area contributed by atoms with Gasteiger partial charge in [0.25, 0.3) is 5.91 Å². The fourth-order valence-electron chi connectivity index (χ4n) is 3.00. The van der Waals surface area contributed by atoms with Gasteiger partial charge in [0.2, 0.25) is 0 Å². The van der Waals surface area contributed by atoms with Crippen LogP contribution in [0.15, 0.2) is 54.1 Å². The Morgan fingerprint density at radius 3 is 2.42 bits per heavy atom. The van der Waals surface area contributed by atoms with Crippen molar-refractivity contribution in [2.75, 3.05) is 23.3 Å². The molecule has 0 aliphatic carbocycles. The summed E-state index contributed by atoms with van der Waals surface area (Å²) in [4.78, 5) is 14.7. The maximum atomic E-state index is 12.3. The van der Waals surface area contributed by atoms with Crippen molar-refractivity contribution >= 4 is 35.0 Å². The SMILES string of the molecule is N#C/C(=C\c1ccc(N2CCCCC2)cc1)C(=O)Nc1ccccc1Cl. The van der Waals surface area contributed by atoms with Gasteiger partial charge in [-0.15, -0.1) is 0 Å². The normalized spacial score (nSPS) is 14.6. The fraction of sp³-hybridized carbons (Fsp3) is 0.238. The summed E-state index contributed by atoms with van der Waals surface area (Å²) in [5.74, 6) is -0.472. The van der Waals surface area contributed by atoms with Crippen LogP contribution in [0.4, 0.5) is 11.4 Å².